The van der Waals surface area contributed by atoms with Gasteiger partial charge in [-0.25, -0.2) is 0 Å². The van der Waals surface area contributed by atoms with Crippen LogP contribution < -0.4 is 14.5 Å². The summed E-state index contributed by atoms with van der Waals surface area (Å²) in [6.45, 7) is 5.18. The first-order valence-electron chi connectivity index (χ1n) is 9.48. The maximum atomic E-state index is 12.2. The third kappa shape index (κ3) is 3.82. The molecule has 0 aliphatic carbocycles. The van der Waals surface area contributed by atoms with E-state index in [1.807, 2.05) is 19.2 Å². The Hall–Kier alpha value is -2.05. The van der Waals surface area contributed by atoms with Crippen molar-refractivity contribution in [2.24, 2.45) is 0 Å². The molecule has 2 aliphatic rings. The van der Waals surface area contributed by atoms with E-state index in [1.165, 1.54) is 11.3 Å². The van der Waals surface area contributed by atoms with Gasteiger partial charge in [-0.15, -0.1) is 0 Å². The lowest BCUT2D eigenvalue weighted by Crippen LogP contribution is -2.47. The predicted octanol–water partition coefficient (Wildman–Crippen LogP) is 2.57. The van der Waals surface area contributed by atoms with Crippen LogP contribution in [-0.4, -0.2) is 61.9 Å². The molecule has 27 heavy (non-hydrogen) atoms. The van der Waals surface area contributed by atoms with Crippen molar-refractivity contribution >= 4 is 22.2 Å². The molecule has 1 fully saturated rings. The third-order valence-electron chi connectivity index (χ3n) is 5.51. The van der Waals surface area contributed by atoms with E-state index in [9.17, 15) is 4.21 Å². The zero-order valence-corrected chi connectivity index (χ0v) is 16.9. The second-order valence-electron chi connectivity index (χ2n) is 7.23. The predicted molar refractivity (Wildman–Crippen MR) is 111 cm³/mol. The fourth-order valence-corrected chi connectivity index (χ4v) is 5.29. The number of anilines is 2. The summed E-state index contributed by atoms with van der Waals surface area (Å²) in [5, 5.41) is 0. The fraction of sp³-hybridized carbons (Fsp3) is 0.429. The highest BCUT2D eigenvalue weighted by Crippen LogP contribution is 2.31. The maximum Gasteiger partial charge on any atom is 0.142 e. The second-order valence-corrected chi connectivity index (χ2v) is 8.61. The van der Waals surface area contributed by atoms with Gasteiger partial charge in [-0.05, 0) is 36.2 Å². The molecular formula is C21H27N3O2S. The Morgan fingerprint density at radius 3 is 2.59 bits per heavy atom. The maximum absolute atomic E-state index is 12.2. The van der Waals surface area contributed by atoms with Crippen molar-refractivity contribution in [1.29, 1.82) is 0 Å². The Kier molecular flexibility index (Phi) is 5.36. The SMILES string of the molecule is COc1ccccc1N1CCN(CCc2ccc3c(c2)S(=O)CN3C)CC1. The molecule has 1 atom stereocenters. The molecule has 4 rings (SSSR count). The van der Waals surface area contributed by atoms with Gasteiger partial charge in [0.25, 0.3) is 0 Å². The Morgan fingerprint density at radius 2 is 1.81 bits per heavy atom. The number of methoxy groups -OCH3 is 1. The molecule has 144 valence electrons. The second kappa shape index (κ2) is 7.90. The van der Waals surface area contributed by atoms with Gasteiger partial charge >= 0.3 is 0 Å². The number of rotatable bonds is 5. The highest BCUT2D eigenvalue weighted by Gasteiger charge is 2.23. The van der Waals surface area contributed by atoms with Crippen LogP contribution in [-0.2, 0) is 17.2 Å². The molecule has 0 radical (unpaired) electrons. The van der Waals surface area contributed by atoms with Crippen molar-refractivity contribution in [2.45, 2.75) is 11.3 Å². The van der Waals surface area contributed by atoms with Gasteiger partial charge in [-0.3, -0.25) is 9.11 Å². The summed E-state index contributed by atoms with van der Waals surface area (Å²) in [7, 11) is 2.86. The van der Waals surface area contributed by atoms with Crippen LogP contribution in [0.2, 0.25) is 0 Å². The molecule has 0 spiro atoms. The number of ether oxygens (including phenoxy) is 1. The summed E-state index contributed by atoms with van der Waals surface area (Å²) in [4.78, 5) is 7.99. The van der Waals surface area contributed by atoms with E-state index in [1.54, 1.807) is 7.11 Å². The zero-order valence-electron chi connectivity index (χ0n) is 16.1. The van der Waals surface area contributed by atoms with Gasteiger partial charge in [0.05, 0.1) is 40.1 Å². The van der Waals surface area contributed by atoms with E-state index in [0.29, 0.717) is 5.88 Å². The highest BCUT2D eigenvalue weighted by molar-refractivity contribution is 7.85. The Bertz CT molecular complexity index is 834. The summed E-state index contributed by atoms with van der Waals surface area (Å²) < 4.78 is 17.7. The van der Waals surface area contributed by atoms with Crippen molar-refractivity contribution in [2.75, 3.05) is 62.6 Å². The molecule has 2 aromatic carbocycles. The van der Waals surface area contributed by atoms with Crippen LogP contribution in [0.25, 0.3) is 0 Å². The topological polar surface area (TPSA) is 36.0 Å². The molecule has 1 saturated heterocycles. The van der Waals surface area contributed by atoms with Gasteiger partial charge in [0.15, 0.2) is 0 Å². The molecule has 0 aromatic heterocycles. The summed E-state index contributed by atoms with van der Waals surface area (Å²) in [6, 6.07) is 14.7. The van der Waals surface area contributed by atoms with Crippen LogP contribution in [0.1, 0.15) is 5.56 Å². The summed E-state index contributed by atoms with van der Waals surface area (Å²) in [5.74, 6) is 1.56. The molecule has 1 unspecified atom stereocenters. The molecule has 0 N–H and O–H groups in total. The van der Waals surface area contributed by atoms with Crippen LogP contribution in [0.3, 0.4) is 0 Å². The average molecular weight is 386 g/mol. The number of nitrogens with zero attached hydrogens (tertiary/aromatic N) is 3. The van der Waals surface area contributed by atoms with E-state index in [4.69, 9.17) is 4.74 Å². The minimum Gasteiger partial charge on any atom is -0.495 e. The van der Waals surface area contributed by atoms with Gasteiger partial charge in [0, 0.05) is 39.8 Å². The van der Waals surface area contributed by atoms with Crippen LogP contribution in [0.15, 0.2) is 47.4 Å². The number of piperazine rings is 1. The third-order valence-corrected chi connectivity index (χ3v) is 6.95. The highest BCUT2D eigenvalue weighted by atomic mass is 32.2. The lowest BCUT2D eigenvalue weighted by molar-refractivity contribution is 0.260. The molecule has 2 heterocycles. The van der Waals surface area contributed by atoms with Crippen molar-refractivity contribution < 1.29 is 8.95 Å². The number of para-hydroxylation sites is 2. The summed E-state index contributed by atoms with van der Waals surface area (Å²) in [6.07, 6.45) is 1.00. The number of hydrogen-bond donors (Lipinski definition) is 0. The van der Waals surface area contributed by atoms with Gasteiger partial charge in [-0.2, -0.15) is 0 Å². The van der Waals surface area contributed by atoms with Gasteiger partial charge < -0.3 is 14.5 Å². The van der Waals surface area contributed by atoms with E-state index in [0.717, 1.165) is 55.5 Å². The molecule has 2 aliphatic heterocycles. The number of hydrogen-bond acceptors (Lipinski definition) is 5. The first-order valence-corrected chi connectivity index (χ1v) is 10.8. The Labute approximate surface area is 164 Å². The van der Waals surface area contributed by atoms with Crippen molar-refractivity contribution in [3.05, 3.63) is 48.0 Å². The van der Waals surface area contributed by atoms with Gasteiger partial charge in [-0.1, -0.05) is 18.2 Å². The zero-order chi connectivity index (χ0) is 18.8. The summed E-state index contributed by atoms with van der Waals surface area (Å²) in [5.41, 5.74) is 3.58. The monoisotopic (exact) mass is 385 g/mol. The minimum atomic E-state index is -0.882. The fourth-order valence-electron chi connectivity index (χ4n) is 3.92. The first-order chi connectivity index (χ1) is 13.2. The summed E-state index contributed by atoms with van der Waals surface area (Å²) >= 11 is 0. The Morgan fingerprint density at radius 1 is 1.04 bits per heavy atom. The van der Waals surface area contributed by atoms with Gasteiger partial charge in [0.1, 0.15) is 5.75 Å². The molecule has 0 amide bonds. The smallest absolute Gasteiger partial charge is 0.142 e. The van der Waals surface area contributed by atoms with Crippen LogP contribution in [0.5, 0.6) is 5.75 Å². The van der Waals surface area contributed by atoms with Crippen molar-refractivity contribution in [1.82, 2.24) is 4.90 Å². The quantitative estimate of drug-likeness (QED) is 0.791. The lowest BCUT2D eigenvalue weighted by Gasteiger charge is -2.36. The van der Waals surface area contributed by atoms with Crippen molar-refractivity contribution in [3.8, 4) is 5.75 Å². The molecule has 6 heteroatoms. The molecular weight excluding hydrogens is 358 g/mol. The number of benzene rings is 2. The largest absolute Gasteiger partial charge is 0.495 e. The van der Waals surface area contributed by atoms with Crippen LogP contribution in [0.4, 0.5) is 11.4 Å². The van der Waals surface area contributed by atoms with Gasteiger partial charge in [0.2, 0.25) is 0 Å². The van der Waals surface area contributed by atoms with Crippen LogP contribution >= 0.6 is 0 Å². The van der Waals surface area contributed by atoms with E-state index in [2.05, 4.69) is 45.0 Å². The normalized spacial score (nSPS) is 20.0. The van der Waals surface area contributed by atoms with E-state index >= 15 is 0 Å². The molecule has 0 bridgehead atoms. The average Bonchev–Trinajstić information content (AvgIpc) is 3.00. The lowest BCUT2D eigenvalue weighted by atomic mass is 10.1. The van der Waals surface area contributed by atoms with Crippen LogP contribution in [0, 0.1) is 0 Å². The van der Waals surface area contributed by atoms with Crippen molar-refractivity contribution in [3.63, 3.8) is 0 Å². The standard InChI is InChI=1S/C21H27N3O2S/c1-22-16-27(25)21-15-17(7-8-19(21)22)9-10-23-11-13-24(14-12-23)18-5-3-4-6-20(18)26-2/h3-8,15H,9-14,16H2,1-2H3. The minimum absolute atomic E-state index is 0.615. The Balaban J connectivity index is 1.33. The molecule has 0 saturated carbocycles. The van der Waals surface area contributed by atoms with E-state index in [-0.39, 0.29) is 0 Å². The number of fused-ring (bicyclic) bond motifs is 1. The van der Waals surface area contributed by atoms with E-state index < -0.39 is 10.8 Å². The molecule has 5 nitrogen and oxygen atoms in total. The first kappa shape index (κ1) is 18.3. The molecule has 2 aromatic rings.